The number of carbonyl (C=O) groups is 3. The van der Waals surface area contributed by atoms with Gasteiger partial charge in [0.15, 0.2) is 24.0 Å². The number of anilines is 1. The lowest BCUT2D eigenvalue weighted by molar-refractivity contribution is -0.0659. The Balaban J connectivity index is 1.39. The molecule has 5 aromatic rings. The Morgan fingerprint density at radius 2 is 1.32 bits per heavy atom. The van der Waals surface area contributed by atoms with Crippen molar-refractivity contribution >= 4 is 34.8 Å². The van der Waals surface area contributed by atoms with E-state index >= 15 is 0 Å². The van der Waals surface area contributed by atoms with E-state index in [-0.39, 0.29) is 34.6 Å². The second kappa shape index (κ2) is 12.2. The van der Waals surface area contributed by atoms with Gasteiger partial charge in [0.25, 0.3) is 5.56 Å². The molecule has 1 aliphatic rings. The molecule has 6 rings (SSSR count). The highest BCUT2D eigenvalue weighted by Crippen LogP contribution is 2.36. The summed E-state index contributed by atoms with van der Waals surface area (Å²) < 4.78 is 24.8. The molecule has 3 aromatic carbocycles. The van der Waals surface area contributed by atoms with Crippen molar-refractivity contribution in [3.05, 3.63) is 124 Å². The fourth-order valence-corrected chi connectivity index (χ4v) is 4.81. The number of rotatable bonds is 8. The van der Waals surface area contributed by atoms with Gasteiger partial charge in [-0.3, -0.25) is 4.79 Å². The van der Waals surface area contributed by atoms with E-state index < -0.39 is 48.0 Å². The van der Waals surface area contributed by atoms with E-state index in [1.54, 1.807) is 91.0 Å². The molecule has 222 valence electrons. The van der Waals surface area contributed by atoms with Crippen molar-refractivity contribution in [3.63, 3.8) is 0 Å². The van der Waals surface area contributed by atoms with Gasteiger partial charge >= 0.3 is 17.9 Å². The van der Waals surface area contributed by atoms with Crippen LogP contribution in [0.2, 0.25) is 0 Å². The molecule has 0 spiro atoms. The van der Waals surface area contributed by atoms with Crippen molar-refractivity contribution < 1.29 is 33.3 Å². The van der Waals surface area contributed by atoms with E-state index in [2.05, 4.69) is 15.3 Å². The number of benzene rings is 3. The van der Waals surface area contributed by atoms with Crippen LogP contribution in [-0.4, -0.2) is 62.8 Å². The molecule has 13 heteroatoms. The maximum Gasteiger partial charge on any atom is 0.338 e. The first-order valence-corrected chi connectivity index (χ1v) is 13.5. The van der Waals surface area contributed by atoms with Crippen molar-refractivity contribution in [2.75, 3.05) is 12.3 Å². The Labute approximate surface area is 249 Å². The molecule has 0 saturated carbocycles. The van der Waals surface area contributed by atoms with E-state index in [9.17, 15) is 19.2 Å². The summed E-state index contributed by atoms with van der Waals surface area (Å²) in [6.07, 6.45) is -5.03. The molecule has 3 heterocycles. The Hall–Kier alpha value is -5.82. The lowest BCUT2D eigenvalue weighted by Crippen LogP contribution is -2.41. The third-order valence-electron chi connectivity index (χ3n) is 6.92. The van der Waals surface area contributed by atoms with Gasteiger partial charge in [0.2, 0.25) is 0 Å². The number of hydrogen-bond acceptors (Lipinski definition) is 11. The molecule has 0 amide bonds. The molecular weight excluding hydrogens is 570 g/mol. The number of esters is 3. The third kappa shape index (κ3) is 5.76. The second-order valence-electron chi connectivity index (χ2n) is 9.82. The summed E-state index contributed by atoms with van der Waals surface area (Å²) in [6.45, 7) is -0.383. The molecule has 0 radical (unpaired) electrons. The van der Waals surface area contributed by atoms with Crippen LogP contribution >= 0.6 is 0 Å². The number of hydrogen-bond donors (Lipinski definition) is 2. The Bertz CT molecular complexity index is 1860. The molecule has 0 bridgehead atoms. The summed E-state index contributed by atoms with van der Waals surface area (Å²) >= 11 is 0. The van der Waals surface area contributed by atoms with Gasteiger partial charge < -0.3 is 29.7 Å². The molecule has 3 N–H and O–H groups in total. The van der Waals surface area contributed by atoms with Gasteiger partial charge in [-0.15, -0.1) is 5.10 Å². The highest BCUT2D eigenvalue weighted by molar-refractivity contribution is 5.91. The SMILES string of the molecule is Nc1cc2c(nnn2[C@@H]2O[C@H](COC(=O)c3ccccc3)[C@@H](OC(=O)c3ccccc3)[C@@H]2OC(=O)c2ccccc2)c(=O)[nH]1. The van der Waals surface area contributed by atoms with Gasteiger partial charge in [-0.1, -0.05) is 59.8 Å². The zero-order valence-corrected chi connectivity index (χ0v) is 22.9. The number of nitrogens with one attached hydrogen (secondary N) is 1. The Morgan fingerprint density at radius 1 is 0.795 bits per heavy atom. The fourth-order valence-electron chi connectivity index (χ4n) is 4.81. The summed E-state index contributed by atoms with van der Waals surface area (Å²) in [6, 6.07) is 26.1. The molecule has 44 heavy (non-hydrogen) atoms. The van der Waals surface area contributed by atoms with Crippen molar-refractivity contribution in [1.82, 2.24) is 20.0 Å². The number of pyridine rings is 1. The number of aromatic nitrogens is 4. The predicted molar refractivity (Wildman–Crippen MR) is 154 cm³/mol. The van der Waals surface area contributed by atoms with Crippen LogP contribution < -0.4 is 11.3 Å². The molecule has 4 atom stereocenters. The van der Waals surface area contributed by atoms with Crippen molar-refractivity contribution in [2.45, 2.75) is 24.5 Å². The minimum atomic E-state index is -1.33. The smallest absolute Gasteiger partial charge is 0.338 e. The van der Waals surface area contributed by atoms with Crippen LogP contribution in [-0.2, 0) is 18.9 Å². The van der Waals surface area contributed by atoms with E-state index in [1.165, 1.54) is 10.7 Å². The number of nitrogens with zero attached hydrogens (tertiary/aromatic N) is 3. The normalized spacial score (nSPS) is 19.4. The summed E-state index contributed by atoms with van der Waals surface area (Å²) in [7, 11) is 0. The monoisotopic (exact) mass is 595 g/mol. The maximum absolute atomic E-state index is 13.3. The molecule has 1 saturated heterocycles. The molecule has 1 aliphatic heterocycles. The van der Waals surface area contributed by atoms with Crippen LogP contribution in [0.3, 0.4) is 0 Å². The number of nitrogens with two attached hydrogens (primary N) is 1. The van der Waals surface area contributed by atoms with Crippen LogP contribution in [0, 0.1) is 0 Å². The highest BCUT2D eigenvalue weighted by Gasteiger charge is 2.52. The van der Waals surface area contributed by atoms with E-state index in [1.807, 2.05) is 0 Å². The van der Waals surface area contributed by atoms with E-state index in [0.717, 1.165) is 0 Å². The van der Waals surface area contributed by atoms with Gasteiger partial charge in [-0.25, -0.2) is 19.1 Å². The fraction of sp³-hybridized carbons (Fsp3) is 0.161. The van der Waals surface area contributed by atoms with E-state index in [4.69, 9.17) is 24.7 Å². The summed E-state index contributed by atoms with van der Waals surface area (Å²) in [5, 5.41) is 8.03. The largest absolute Gasteiger partial charge is 0.459 e. The second-order valence-corrected chi connectivity index (χ2v) is 9.82. The van der Waals surface area contributed by atoms with Crippen molar-refractivity contribution in [3.8, 4) is 0 Å². The number of H-pyrrole nitrogens is 1. The predicted octanol–water partition coefficient (Wildman–Crippen LogP) is 2.91. The number of aromatic amines is 1. The molecule has 2 aromatic heterocycles. The first-order valence-electron chi connectivity index (χ1n) is 13.5. The number of carbonyl (C=O) groups excluding carboxylic acids is 3. The number of nitrogen functional groups attached to an aromatic ring is 1. The summed E-state index contributed by atoms with van der Waals surface area (Å²) in [4.78, 5) is 54.4. The van der Waals surface area contributed by atoms with Crippen LogP contribution in [0.15, 0.2) is 102 Å². The van der Waals surface area contributed by atoms with Crippen molar-refractivity contribution in [1.29, 1.82) is 0 Å². The van der Waals surface area contributed by atoms with E-state index in [0.29, 0.717) is 5.56 Å². The van der Waals surface area contributed by atoms with Gasteiger partial charge in [0, 0.05) is 6.07 Å². The van der Waals surface area contributed by atoms with Crippen LogP contribution in [0.5, 0.6) is 0 Å². The molecule has 0 aliphatic carbocycles. The maximum atomic E-state index is 13.3. The zero-order chi connectivity index (χ0) is 30.6. The topological polar surface area (TPSA) is 178 Å². The Morgan fingerprint density at radius 3 is 1.89 bits per heavy atom. The highest BCUT2D eigenvalue weighted by atomic mass is 16.7. The quantitative estimate of drug-likeness (QED) is 0.199. The molecule has 0 unspecified atom stereocenters. The molecule has 13 nitrogen and oxygen atoms in total. The minimum absolute atomic E-state index is 0.0299. The molecule has 1 fully saturated rings. The Kier molecular flexibility index (Phi) is 7.84. The number of fused-ring (bicyclic) bond motifs is 1. The van der Waals surface area contributed by atoms with Gasteiger partial charge in [-0.05, 0) is 36.4 Å². The first kappa shape index (κ1) is 28.3. The average Bonchev–Trinajstić information content (AvgIpc) is 3.62. The van der Waals surface area contributed by atoms with Gasteiger partial charge in [-0.2, -0.15) is 0 Å². The van der Waals surface area contributed by atoms with Gasteiger partial charge in [0.1, 0.15) is 24.0 Å². The van der Waals surface area contributed by atoms with Crippen LogP contribution in [0.25, 0.3) is 11.0 Å². The summed E-state index contributed by atoms with van der Waals surface area (Å²) in [5.41, 5.74) is 6.17. The minimum Gasteiger partial charge on any atom is -0.459 e. The zero-order valence-electron chi connectivity index (χ0n) is 22.9. The van der Waals surface area contributed by atoms with Crippen LogP contribution in [0.4, 0.5) is 5.82 Å². The number of ether oxygens (including phenoxy) is 4. The lowest BCUT2D eigenvalue weighted by atomic mass is 10.1. The van der Waals surface area contributed by atoms with Crippen molar-refractivity contribution in [2.24, 2.45) is 0 Å². The summed E-state index contributed by atoms with van der Waals surface area (Å²) in [5.74, 6) is -2.09. The first-order chi connectivity index (χ1) is 21.4. The average molecular weight is 596 g/mol. The van der Waals surface area contributed by atoms with Gasteiger partial charge in [0.05, 0.1) is 16.7 Å². The third-order valence-corrected chi connectivity index (χ3v) is 6.92. The van der Waals surface area contributed by atoms with Crippen LogP contribution in [0.1, 0.15) is 37.3 Å². The lowest BCUT2D eigenvalue weighted by Gasteiger charge is -2.24. The molecular formula is C31H25N5O8. The standard InChI is InChI=1S/C31H25N5O8/c32-23-16-21-24(27(37)33-23)34-35-36(21)28-26(44-31(40)20-14-8-3-9-15-20)25(43-30(39)19-12-6-2-7-13-19)22(42-28)17-41-29(38)18-10-4-1-5-11-18/h1-16,22,25-26,28H,17H2,(H3,32,33,37)/t22-,25-,26+,28-/m1/s1.